The maximum atomic E-state index is 13.7. The Morgan fingerprint density at radius 3 is 2.74 bits per heavy atom. The van der Waals surface area contributed by atoms with Crippen LogP contribution in [0.3, 0.4) is 0 Å². The average Bonchev–Trinajstić information content (AvgIpc) is 3.18. The lowest BCUT2D eigenvalue weighted by molar-refractivity contribution is -0.115. The smallest absolute Gasteiger partial charge is 0.265 e. The van der Waals surface area contributed by atoms with Crippen molar-refractivity contribution in [2.24, 2.45) is 0 Å². The third kappa shape index (κ3) is 4.95. The molecule has 0 fully saturated rings. The molecule has 8 heteroatoms. The van der Waals surface area contributed by atoms with Crippen LogP contribution in [0.15, 0.2) is 54.7 Å². The molecule has 2 N–H and O–H groups in total. The van der Waals surface area contributed by atoms with Crippen molar-refractivity contribution in [2.45, 2.75) is 19.4 Å². The van der Waals surface area contributed by atoms with Gasteiger partial charge >= 0.3 is 0 Å². The van der Waals surface area contributed by atoms with E-state index in [-0.39, 0.29) is 24.3 Å². The lowest BCUT2D eigenvalue weighted by atomic mass is 10.1. The molecule has 1 heterocycles. The molecule has 0 saturated carbocycles. The van der Waals surface area contributed by atoms with Crippen molar-refractivity contribution in [1.29, 1.82) is 0 Å². The molecule has 0 saturated heterocycles. The summed E-state index contributed by atoms with van der Waals surface area (Å²) in [4.78, 5) is 24.7. The molecular formula is C19H17FN4O2S. The number of aromatic nitrogens is 2. The van der Waals surface area contributed by atoms with Crippen molar-refractivity contribution in [3.8, 4) is 0 Å². The summed E-state index contributed by atoms with van der Waals surface area (Å²) in [7, 11) is 0. The Kier molecular flexibility index (Phi) is 5.87. The Morgan fingerprint density at radius 1 is 1.19 bits per heavy atom. The van der Waals surface area contributed by atoms with Gasteiger partial charge in [-0.25, -0.2) is 4.39 Å². The van der Waals surface area contributed by atoms with Gasteiger partial charge in [0.2, 0.25) is 5.91 Å². The first-order valence-electron chi connectivity index (χ1n) is 8.24. The summed E-state index contributed by atoms with van der Waals surface area (Å²) in [5.74, 6) is -0.980. The van der Waals surface area contributed by atoms with Crippen LogP contribution in [-0.2, 0) is 11.2 Å². The van der Waals surface area contributed by atoms with Gasteiger partial charge in [0, 0.05) is 5.69 Å². The van der Waals surface area contributed by atoms with Gasteiger partial charge in [-0.1, -0.05) is 34.8 Å². The highest BCUT2D eigenvalue weighted by Gasteiger charge is 2.14. The minimum absolute atomic E-state index is 0.0540. The second kappa shape index (κ2) is 8.50. The quantitative estimate of drug-likeness (QED) is 0.683. The molecule has 6 nitrogen and oxygen atoms in total. The van der Waals surface area contributed by atoms with Crippen LogP contribution in [0.25, 0.3) is 0 Å². The van der Waals surface area contributed by atoms with E-state index in [0.29, 0.717) is 16.1 Å². The predicted molar refractivity (Wildman–Crippen MR) is 101 cm³/mol. The van der Waals surface area contributed by atoms with Crippen LogP contribution in [-0.4, -0.2) is 21.4 Å². The van der Waals surface area contributed by atoms with Crippen molar-refractivity contribution in [3.05, 3.63) is 76.5 Å². The largest absolute Gasteiger partial charge is 0.345 e. The second-order valence-corrected chi connectivity index (χ2v) is 6.70. The zero-order valence-electron chi connectivity index (χ0n) is 14.5. The number of amides is 2. The molecule has 3 aromatic rings. The first-order chi connectivity index (χ1) is 13.0. The van der Waals surface area contributed by atoms with Gasteiger partial charge in [-0.15, -0.1) is 5.10 Å². The minimum atomic E-state index is -0.407. The Labute approximate surface area is 159 Å². The van der Waals surface area contributed by atoms with Gasteiger partial charge in [0.1, 0.15) is 10.7 Å². The fraction of sp³-hybridized carbons (Fsp3) is 0.158. The van der Waals surface area contributed by atoms with Crippen LogP contribution in [0, 0.1) is 5.82 Å². The normalized spacial score (nSPS) is 11.6. The van der Waals surface area contributed by atoms with Crippen LogP contribution in [0.1, 0.15) is 33.8 Å². The van der Waals surface area contributed by atoms with E-state index in [1.54, 1.807) is 36.4 Å². The number of halogens is 1. The summed E-state index contributed by atoms with van der Waals surface area (Å²) in [6.45, 7) is 1.84. The number of hydrogen-bond acceptors (Lipinski definition) is 5. The standard InChI is InChI=1S/C19H17FN4O2S/c1-12(22-19(26)17-11-21-24-27-17)13-6-4-7-15(9-13)23-18(25)10-14-5-2-3-8-16(14)20/h2-9,11-12H,10H2,1H3,(H,22,26)(H,23,25). The number of nitrogens with one attached hydrogen (secondary N) is 2. The van der Waals surface area contributed by atoms with E-state index in [2.05, 4.69) is 20.2 Å². The second-order valence-electron chi connectivity index (χ2n) is 5.92. The summed E-state index contributed by atoms with van der Waals surface area (Å²) in [5, 5.41) is 9.26. The summed E-state index contributed by atoms with van der Waals surface area (Å²) in [5.41, 5.74) is 1.74. The number of nitrogens with zero attached hydrogens (tertiary/aromatic N) is 2. The molecule has 0 aliphatic carbocycles. The Bertz CT molecular complexity index is 946. The van der Waals surface area contributed by atoms with Crippen LogP contribution < -0.4 is 10.6 Å². The molecule has 1 atom stereocenters. The van der Waals surface area contributed by atoms with Gasteiger partial charge in [-0.3, -0.25) is 9.59 Å². The SMILES string of the molecule is CC(NC(=O)c1cnns1)c1cccc(NC(=O)Cc2ccccc2F)c1. The third-order valence-electron chi connectivity index (χ3n) is 3.91. The molecule has 0 radical (unpaired) electrons. The van der Waals surface area contributed by atoms with E-state index in [1.807, 2.05) is 13.0 Å². The fourth-order valence-electron chi connectivity index (χ4n) is 2.52. The zero-order valence-corrected chi connectivity index (χ0v) is 15.3. The van der Waals surface area contributed by atoms with Gasteiger partial charge in [0.15, 0.2) is 0 Å². The highest BCUT2D eigenvalue weighted by atomic mass is 32.1. The van der Waals surface area contributed by atoms with Crippen molar-refractivity contribution in [3.63, 3.8) is 0 Å². The lowest BCUT2D eigenvalue weighted by Gasteiger charge is -2.15. The Balaban J connectivity index is 1.63. The summed E-state index contributed by atoms with van der Waals surface area (Å²) in [6, 6.07) is 13.0. The number of benzene rings is 2. The summed E-state index contributed by atoms with van der Waals surface area (Å²) < 4.78 is 17.3. The van der Waals surface area contributed by atoms with Gasteiger partial charge in [-0.2, -0.15) is 0 Å². The molecule has 2 amide bonds. The molecule has 0 bridgehead atoms. The van der Waals surface area contributed by atoms with Crippen LogP contribution in [0.4, 0.5) is 10.1 Å². The summed E-state index contributed by atoms with van der Waals surface area (Å²) in [6.07, 6.45) is 1.35. The highest BCUT2D eigenvalue weighted by molar-refractivity contribution is 7.07. The number of rotatable bonds is 6. The highest BCUT2D eigenvalue weighted by Crippen LogP contribution is 2.19. The molecule has 0 aliphatic rings. The van der Waals surface area contributed by atoms with E-state index in [9.17, 15) is 14.0 Å². The van der Waals surface area contributed by atoms with Crippen molar-refractivity contribution in [1.82, 2.24) is 14.9 Å². The van der Waals surface area contributed by atoms with E-state index < -0.39 is 5.82 Å². The summed E-state index contributed by atoms with van der Waals surface area (Å²) >= 11 is 1.02. The van der Waals surface area contributed by atoms with Crippen LogP contribution in [0.2, 0.25) is 0 Å². The molecule has 1 aromatic heterocycles. The first kappa shape index (κ1) is 18.7. The van der Waals surface area contributed by atoms with Gasteiger partial charge < -0.3 is 10.6 Å². The van der Waals surface area contributed by atoms with Gasteiger partial charge in [-0.05, 0) is 47.8 Å². The molecule has 0 aliphatic heterocycles. The van der Waals surface area contributed by atoms with Crippen LogP contribution in [0.5, 0.6) is 0 Å². The molecule has 138 valence electrons. The Hall–Kier alpha value is -3.13. The van der Waals surface area contributed by atoms with E-state index in [0.717, 1.165) is 17.1 Å². The molecule has 3 rings (SSSR count). The maximum absolute atomic E-state index is 13.7. The first-order valence-corrected chi connectivity index (χ1v) is 9.01. The number of anilines is 1. The maximum Gasteiger partial charge on any atom is 0.265 e. The minimum Gasteiger partial charge on any atom is -0.345 e. The molecule has 2 aromatic carbocycles. The molecule has 0 spiro atoms. The van der Waals surface area contributed by atoms with Crippen molar-refractivity contribution in [2.75, 3.05) is 5.32 Å². The van der Waals surface area contributed by atoms with Gasteiger partial charge in [0.05, 0.1) is 18.7 Å². The monoisotopic (exact) mass is 384 g/mol. The average molecular weight is 384 g/mol. The number of hydrogen-bond donors (Lipinski definition) is 2. The van der Waals surface area contributed by atoms with Crippen molar-refractivity contribution < 1.29 is 14.0 Å². The molecular weight excluding hydrogens is 367 g/mol. The number of carbonyl (C=O) groups excluding carboxylic acids is 2. The zero-order chi connectivity index (χ0) is 19.2. The predicted octanol–water partition coefficient (Wildman–Crippen LogP) is 3.35. The lowest BCUT2D eigenvalue weighted by Crippen LogP contribution is -2.26. The van der Waals surface area contributed by atoms with E-state index >= 15 is 0 Å². The van der Waals surface area contributed by atoms with E-state index in [1.165, 1.54) is 12.3 Å². The fourth-order valence-corrected chi connectivity index (χ4v) is 2.94. The van der Waals surface area contributed by atoms with Gasteiger partial charge in [0.25, 0.3) is 5.91 Å². The van der Waals surface area contributed by atoms with E-state index in [4.69, 9.17) is 0 Å². The van der Waals surface area contributed by atoms with Crippen LogP contribution >= 0.6 is 11.5 Å². The molecule has 27 heavy (non-hydrogen) atoms. The van der Waals surface area contributed by atoms with Crippen molar-refractivity contribution >= 4 is 29.0 Å². The topological polar surface area (TPSA) is 84.0 Å². The Morgan fingerprint density at radius 2 is 2.00 bits per heavy atom. The number of carbonyl (C=O) groups is 2. The molecule has 1 unspecified atom stereocenters. The third-order valence-corrected chi connectivity index (χ3v) is 4.58.